The minimum atomic E-state index is -3.49. The Labute approximate surface area is 132 Å². The molecule has 7 heteroatoms. The number of piperidine rings is 1. The van der Waals surface area contributed by atoms with Gasteiger partial charge in [-0.1, -0.05) is 12.1 Å². The van der Waals surface area contributed by atoms with E-state index in [1.54, 1.807) is 24.3 Å². The van der Waals surface area contributed by atoms with Gasteiger partial charge in [0.25, 0.3) is 0 Å². The maximum Gasteiger partial charge on any atom is 0.244 e. The van der Waals surface area contributed by atoms with E-state index in [1.165, 1.54) is 16.1 Å². The third kappa shape index (κ3) is 2.89. The van der Waals surface area contributed by atoms with Gasteiger partial charge in [-0.05, 0) is 47.2 Å². The van der Waals surface area contributed by atoms with Crippen molar-refractivity contribution in [2.45, 2.75) is 22.5 Å². The van der Waals surface area contributed by atoms with Crippen molar-refractivity contribution < 1.29 is 8.42 Å². The topological polar surface area (TPSA) is 61.2 Å². The normalized spacial score (nSPS) is 19.4. The van der Waals surface area contributed by atoms with E-state index in [0.29, 0.717) is 30.4 Å². The predicted octanol–water partition coefficient (Wildman–Crippen LogP) is 2.86. The molecule has 0 radical (unpaired) electrons. The highest BCUT2D eigenvalue weighted by atomic mass is 79.9. The second-order valence-electron chi connectivity index (χ2n) is 4.64. The van der Waals surface area contributed by atoms with Crippen LogP contribution in [0.15, 0.2) is 33.6 Å². The van der Waals surface area contributed by atoms with Crippen molar-refractivity contribution >= 4 is 37.7 Å². The second-order valence-corrected chi connectivity index (χ2v) is 8.60. The third-order valence-corrected chi connectivity index (χ3v) is 7.77. The van der Waals surface area contributed by atoms with Gasteiger partial charge >= 0.3 is 0 Å². The summed E-state index contributed by atoms with van der Waals surface area (Å²) in [5.41, 5.74) is 0. The zero-order chi connectivity index (χ0) is 14.8. The zero-order valence-corrected chi connectivity index (χ0v) is 14.3. The number of nitrogens with zero attached hydrogens (tertiary/aromatic N) is 2. The fourth-order valence-electron chi connectivity index (χ4n) is 2.24. The zero-order valence-electron chi connectivity index (χ0n) is 11.0. The molecule has 0 N–H and O–H groups in total. The van der Waals surface area contributed by atoms with E-state index in [0.717, 1.165) is 0 Å². The van der Waals surface area contributed by atoms with Crippen LogP contribution in [-0.4, -0.2) is 36.8 Å². The smallest absolute Gasteiger partial charge is 0.207 e. The molecule has 0 aliphatic carbocycles. The van der Waals surface area contributed by atoms with Crippen LogP contribution in [0.2, 0.25) is 0 Å². The molecule has 0 unspecified atom stereocenters. The number of thioether (sulfide) groups is 1. The monoisotopic (exact) mass is 374 g/mol. The molecule has 20 heavy (non-hydrogen) atoms. The molecule has 0 saturated carbocycles. The lowest BCUT2D eigenvalue weighted by Gasteiger charge is -2.35. The number of halogens is 1. The molecule has 2 rings (SSSR count). The van der Waals surface area contributed by atoms with Crippen molar-refractivity contribution in [3.63, 3.8) is 0 Å². The van der Waals surface area contributed by atoms with Gasteiger partial charge in [0.1, 0.15) is 4.75 Å². The summed E-state index contributed by atoms with van der Waals surface area (Å²) in [6.07, 6.45) is 3.03. The third-order valence-electron chi connectivity index (χ3n) is 3.58. The SMILES string of the molecule is CSC1(C#N)CCN(S(=O)(=O)c2ccccc2Br)CC1. The molecule has 0 aromatic heterocycles. The summed E-state index contributed by atoms with van der Waals surface area (Å²) in [4.78, 5) is 0.286. The van der Waals surface area contributed by atoms with E-state index < -0.39 is 14.8 Å². The van der Waals surface area contributed by atoms with Crippen molar-refractivity contribution in [3.05, 3.63) is 28.7 Å². The van der Waals surface area contributed by atoms with Gasteiger partial charge in [0.15, 0.2) is 0 Å². The van der Waals surface area contributed by atoms with Crippen molar-refractivity contribution in [1.29, 1.82) is 5.26 Å². The molecule has 0 amide bonds. The number of hydrogen-bond donors (Lipinski definition) is 0. The van der Waals surface area contributed by atoms with Crippen LogP contribution in [0.5, 0.6) is 0 Å². The van der Waals surface area contributed by atoms with Gasteiger partial charge in [0.2, 0.25) is 10.0 Å². The van der Waals surface area contributed by atoms with Crippen LogP contribution in [0.4, 0.5) is 0 Å². The Morgan fingerprint density at radius 1 is 1.35 bits per heavy atom. The second kappa shape index (κ2) is 6.06. The average molecular weight is 375 g/mol. The first-order valence-corrected chi connectivity index (χ1v) is 9.62. The van der Waals surface area contributed by atoms with Gasteiger partial charge in [0, 0.05) is 17.6 Å². The molecule has 1 aromatic carbocycles. The molecule has 0 atom stereocenters. The Balaban J connectivity index is 2.23. The molecule has 1 aromatic rings. The molecular formula is C13H15BrN2O2S2. The molecular weight excluding hydrogens is 360 g/mol. The lowest BCUT2D eigenvalue weighted by molar-refractivity contribution is 0.327. The fourth-order valence-corrected chi connectivity index (χ4v) is 5.33. The Bertz CT molecular complexity index is 632. The van der Waals surface area contributed by atoms with Gasteiger partial charge in [-0.3, -0.25) is 0 Å². The molecule has 1 aliphatic heterocycles. The Morgan fingerprint density at radius 3 is 2.45 bits per heavy atom. The fraction of sp³-hybridized carbons (Fsp3) is 0.462. The van der Waals surface area contributed by atoms with Crippen LogP contribution < -0.4 is 0 Å². The van der Waals surface area contributed by atoms with Crippen LogP contribution in [0.1, 0.15) is 12.8 Å². The highest BCUT2D eigenvalue weighted by Gasteiger charge is 2.38. The molecule has 1 aliphatic rings. The minimum Gasteiger partial charge on any atom is -0.207 e. The predicted molar refractivity (Wildman–Crippen MR) is 84.0 cm³/mol. The number of benzene rings is 1. The van der Waals surface area contributed by atoms with Crippen LogP contribution in [-0.2, 0) is 10.0 Å². The van der Waals surface area contributed by atoms with E-state index in [1.807, 2.05) is 6.26 Å². The van der Waals surface area contributed by atoms with Crippen LogP contribution in [0, 0.1) is 11.3 Å². The standard InChI is InChI=1S/C13H15BrN2O2S2/c1-19-13(10-15)6-8-16(9-7-13)20(17,18)12-5-3-2-4-11(12)14/h2-5H,6-9H2,1H3. The molecule has 0 bridgehead atoms. The van der Waals surface area contributed by atoms with Gasteiger partial charge in [-0.2, -0.15) is 9.57 Å². The molecule has 1 heterocycles. The van der Waals surface area contributed by atoms with E-state index in [2.05, 4.69) is 22.0 Å². The highest BCUT2D eigenvalue weighted by Crippen LogP contribution is 2.36. The summed E-state index contributed by atoms with van der Waals surface area (Å²) in [7, 11) is -3.49. The summed E-state index contributed by atoms with van der Waals surface area (Å²) >= 11 is 4.80. The quantitative estimate of drug-likeness (QED) is 0.815. The number of hydrogen-bond acceptors (Lipinski definition) is 4. The van der Waals surface area contributed by atoms with E-state index in [9.17, 15) is 13.7 Å². The number of rotatable bonds is 3. The van der Waals surface area contributed by atoms with Gasteiger partial charge in [0.05, 0.1) is 11.0 Å². The molecule has 1 saturated heterocycles. The first-order valence-electron chi connectivity index (χ1n) is 6.16. The van der Waals surface area contributed by atoms with E-state index >= 15 is 0 Å². The lowest BCUT2D eigenvalue weighted by atomic mass is 9.99. The first kappa shape index (κ1) is 15.8. The van der Waals surface area contributed by atoms with Gasteiger partial charge in [-0.15, -0.1) is 11.8 Å². The lowest BCUT2D eigenvalue weighted by Crippen LogP contribution is -2.44. The average Bonchev–Trinajstić information content (AvgIpc) is 2.47. The Morgan fingerprint density at radius 2 is 1.95 bits per heavy atom. The number of nitriles is 1. The first-order chi connectivity index (χ1) is 9.45. The minimum absolute atomic E-state index is 0.286. The summed E-state index contributed by atoms with van der Waals surface area (Å²) in [6.45, 7) is 0.774. The van der Waals surface area contributed by atoms with Crippen LogP contribution in [0.3, 0.4) is 0 Å². The molecule has 1 fully saturated rings. The number of sulfonamides is 1. The largest absolute Gasteiger partial charge is 0.244 e. The van der Waals surface area contributed by atoms with Gasteiger partial charge < -0.3 is 0 Å². The highest BCUT2D eigenvalue weighted by molar-refractivity contribution is 9.10. The van der Waals surface area contributed by atoms with Crippen molar-refractivity contribution in [2.24, 2.45) is 0 Å². The summed E-state index contributed by atoms with van der Waals surface area (Å²) in [5.74, 6) is 0. The Kier molecular flexibility index (Phi) is 4.80. The van der Waals surface area contributed by atoms with Gasteiger partial charge in [-0.25, -0.2) is 8.42 Å². The van der Waals surface area contributed by atoms with Crippen LogP contribution in [0.25, 0.3) is 0 Å². The maximum absolute atomic E-state index is 12.6. The summed E-state index contributed by atoms with van der Waals surface area (Å²) in [6, 6.07) is 9.14. The van der Waals surface area contributed by atoms with Crippen molar-refractivity contribution in [1.82, 2.24) is 4.31 Å². The molecule has 108 valence electrons. The molecule has 0 spiro atoms. The van der Waals surface area contributed by atoms with Crippen molar-refractivity contribution in [2.75, 3.05) is 19.3 Å². The maximum atomic E-state index is 12.6. The van der Waals surface area contributed by atoms with E-state index in [4.69, 9.17) is 0 Å². The van der Waals surface area contributed by atoms with Crippen LogP contribution >= 0.6 is 27.7 Å². The van der Waals surface area contributed by atoms with Crippen molar-refractivity contribution in [3.8, 4) is 6.07 Å². The summed E-state index contributed by atoms with van der Waals surface area (Å²) in [5, 5.41) is 9.25. The Hall–Kier alpha value is -0.550. The molecule has 4 nitrogen and oxygen atoms in total. The summed E-state index contributed by atoms with van der Waals surface area (Å²) < 4.78 is 26.8. The van der Waals surface area contributed by atoms with E-state index in [-0.39, 0.29) is 4.90 Å².